The van der Waals surface area contributed by atoms with E-state index in [0.717, 1.165) is 18.0 Å². The summed E-state index contributed by atoms with van der Waals surface area (Å²) in [6.07, 6.45) is 0.190. The lowest BCUT2D eigenvalue weighted by molar-refractivity contribution is -0.928. The molecule has 0 aromatic heterocycles. The Morgan fingerprint density at radius 3 is 2.30 bits per heavy atom. The summed E-state index contributed by atoms with van der Waals surface area (Å²) in [6, 6.07) is 4.80. The molecule has 0 aliphatic carbocycles. The van der Waals surface area contributed by atoms with Crippen LogP contribution < -0.4 is 15.8 Å². The average Bonchev–Trinajstić information content (AvgIpc) is 2.51. The number of quaternary nitrogens is 1. The first-order valence-electron chi connectivity index (χ1n) is 7.72. The number of hydrogen-bond donors (Lipinski definition) is 3. The minimum atomic E-state index is -0.482. The molecule has 1 aromatic carbocycles. The number of hydrazine groups is 1. The Morgan fingerprint density at radius 2 is 1.74 bits per heavy atom. The van der Waals surface area contributed by atoms with E-state index in [-0.39, 0.29) is 29.7 Å². The normalized spacial score (nSPS) is 25.5. The van der Waals surface area contributed by atoms with Crippen LogP contribution >= 0.6 is 0 Å². The van der Waals surface area contributed by atoms with Crippen LogP contribution in [-0.4, -0.2) is 43.2 Å². The molecular formula is C16H23FN3O3+. The molecule has 1 fully saturated rings. The third-order valence-electron chi connectivity index (χ3n) is 3.98. The van der Waals surface area contributed by atoms with Gasteiger partial charge in [0.05, 0.1) is 0 Å². The van der Waals surface area contributed by atoms with E-state index in [4.69, 9.17) is 4.74 Å². The van der Waals surface area contributed by atoms with Gasteiger partial charge in [-0.3, -0.25) is 20.4 Å². The second kappa shape index (κ2) is 7.52. The molecule has 0 bridgehead atoms. The van der Waals surface area contributed by atoms with Crippen molar-refractivity contribution in [2.24, 2.45) is 0 Å². The van der Waals surface area contributed by atoms with Crippen molar-refractivity contribution in [1.82, 2.24) is 10.9 Å². The Hall–Kier alpha value is -1.99. The van der Waals surface area contributed by atoms with Crippen LogP contribution in [0.1, 0.15) is 31.1 Å². The summed E-state index contributed by atoms with van der Waals surface area (Å²) in [7, 11) is 0. The summed E-state index contributed by atoms with van der Waals surface area (Å²) in [6.45, 7) is 7.27. The fourth-order valence-corrected chi connectivity index (χ4v) is 2.75. The molecule has 0 radical (unpaired) electrons. The van der Waals surface area contributed by atoms with Gasteiger partial charge in [-0.15, -0.1) is 0 Å². The van der Waals surface area contributed by atoms with E-state index in [2.05, 4.69) is 10.9 Å². The number of carbonyl (C=O) groups excluding carboxylic acids is 2. The molecule has 0 spiro atoms. The van der Waals surface area contributed by atoms with E-state index in [0.29, 0.717) is 0 Å². The number of amides is 2. The highest BCUT2D eigenvalue weighted by Crippen LogP contribution is 2.02. The van der Waals surface area contributed by atoms with Crippen LogP contribution in [0.2, 0.25) is 0 Å². The second-order valence-corrected chi connectivity index (χ2v) is 6.00. The Labute approximate surface area is 135 Å². The van der Waals surface area contributed by atoms with Gasteiger partial charge in [-0.05, 0) is 45.0 Å². The van der Waals surface area contributed by atoms with Crippen molar-refractivity contribution in [2.45, 2.75) is 39.0 Å². The van der Waals surface area contributed by atoms with Gasteiger partial charge in [0.25, 0.3) is 11.8 Å². The summed E-state index contributed by atoms with van der Waals surface area (Å²) in [5, 5.41) is 0. The molecule has 126 valence electrons. The molecule has 1 saturated heterocycles. The quantitative estimate of drug-likeness (QED) is 0.667. The molecule has 7 heteroatoms. The Morgan fingerprint density at radius 1 is 1.17 bits per heavy atom. The highest BCUT2D eigenvalue weighted by molar-refractivity contribution is 5.95. The molecular weight excluding hydrogens is 301 g/mol. The van der Waals surface area contributed by atoms with Crippen LogP contribution in [0, 0.1) is 5.82 Å². The van der Waals surface area contributed by atoms with Gasteiger partial charge in [0.2, 0.25) is 0 Å². The smallest absolute Gasteiger partial charge is 0.296 e. The first-order valence-corrected chi connectivity index (χ1v) is 7.72. The van der Waals surface area contributed by atoms with E-state index >= 15 is 0 Å². The largest absolute Gasteiger partial charge is 0.364 e. The number of morpholine rings is 1. The predicted octanol–water partition coefficient (Wildman–Crippen LogP) is -0.333. The Bertz CT molecular complexity index is 554. The zero-order valence-corrected chi connectivity index (χ0v) is 13.6. The Kier molecular flexibility index (Phi) is 5.68. The number of ether oxygens (including phenoxy) is 1. The van der Waals surface area contributed by atoms with Crippen molar-refractivity contribution >= 4 is 11.8 Å². The number of halogens is 1. The minimum absolute atomic E-state index is 0.0952. The molecule has 1 aliphatic heterocycles. The Balaban J connectivity index is 1.86. The molecule has 3 atom stereocenters. The van der Waals surface area contributed by atoms with E-state index in [1.54, 1.807) is 0 Å². The van der Waals surface area contributed by atoms with Gasteiger partial charge in [0, 0.05) is 5.56 Å². The highest BCUT2D eigenvalue weighted by atomic mass is 19.1. The molecule has 1 aliphatic rings. The summed E-state index contributed by atoms with van der Waals surface area (Å²) in [5.41, 5.74) is 5.06. The van der Waals surface area contributed by atoms with Gasteiger partial charge in [-0.25, -0.2) is 4.39 Å². The van der Waals surface area contributed by atoms with Gasteiger partial charge in [0.1, 0.15) is 31.1 Å². The van der Waals surface area contributed by atoms with Crippen molar-refractivity contribution < 1.29 is 23.6 Å². The molecule has 0 saturated carbocycles. The predicted molar refractivity (Wildman–Crippen MR) is 82.2 cm³/mol. The number of carbonyl (C=O) groups is 2. The number of hydrogen-bond acceptors (Lipinski definition) is 3. The van der Waals surface area contributed by atoms with Crippen molar-refractivity contribution in [3.05, 3.63) is 35.6 Å². The van der Waals surface area contributed by atoms with E-state index in [1.807, 2.05) is 20.8 Å². The second-order valence-electron chi connectivity index (χ2n) is 6.00. The van der Waals surface area contributed by atoms with Crippen molar-refractivity contribution in [1.29, 1.82) is 0 Å². The molecule has 2 rings (SSSR count). The SMILES string of the molecule is C[C@@H]1C[NH+]([C@@H](C)C(=O)NNC(=O)c2ccc(F)cc2)C[C@@H](C)O1. The molecule has 0 unspecified atom stereocenters. The minimum Gasteiger partial charge on any atom is -0.364 e. The number of nitrogens with one attached hydrogen (secondary N) is 3. The molecule has 1 heterocycles. The first kappa shape index (κ1) is 17.4. The van der Waals surface area contributed by atoms with E-state index in [9.17, 15) is 14.0 Å². The van der Waals surface area contributed by atoms with Crippen LogP contribution in [0.25, 0.3) is 0 Å². The molecule has 6 nitrogen and oxygen atoms in total. The van der Waals surface area contributed by atoms with Crippen LogP contribution in [0.15, 0.2) is 24.3 Å². The van der Waals surface area contributed by atoms with Crippen LogP contribution in [-0.2, 0) is 9.53 Å². The van der Waals surface area contributed by atoms with E-state index < -0.39 is 11.7 Å². The van der Waals surface area contributed by atoms with Crippen LogP contribution in [0.3, 0.4) is 0 Å². The molecule has 3 N–H and O–H groups in total. The monoisotopic (exact) mass is 324 g/mol. The number of rotatable bonds is 3. The third kappa shape index (κ3) is 4.74. The van der Waals surface area contributed by atoms with Crippen molar-refractivity contribution in [3.63, 3.8) is 0 Å². The number of benzene rings is 1. The lowest BCUT2D eigenvalue weighted by atomic mass is 10.1. The fraction of sp³-hybridized carbons (Fsp3) is 0.500. The summed E-state index contributed by atoms with van der Waals surface area (Å²) >= 11 is 0. The highest BCUT2D eigenvalue weighted by Gasteiger charge is 2.33. The van der Waals surface area contributed by atoms with Crippen LogP contribution in [0.5, 0.6) is 0 Å². The fourth-order valence-electron chi connectivity index (χ4n) is 2.75. The maximum absolute atomic E-state index is 12.8. The van der Waals surface area contributed by atoms with Gasteiger partial charge < -0.3 is 9.64 Å². The zero-order chi connectivity index (χ0) is 17.0. The first-order chi connectivity index (χ1) is 10.9. The molecule has 23 heavy (non-hydrogen) atoms. The van der Waals surface area contributed by atoms with Gasteiger partial charge in [-0.1, -0.05) is 0 Å². The topological polar surface area (TPSA) is 71.9 Å². The summed E-state index contributed by atoms with van der Waals surface area (Å²) < 4.78 is 18.5. The lowest BCUT2D eigenvalue weighted by Gasteiger charge is -2.35. The standard InChI is InChI=1S/C16H22FN3O3/c1-10-8-20(9-11(2)23-10)12(3)15(21)18-19-16(22)13-4-6-14(17)7-5-13/h4-7,10-12H,8-9H2,1-3H3,(H,18,21)(H,19,22)/p+1/t10-,11-,12+/m1/s1. The third-order valence-corrected chi connectivity index (χ3v) is 3.98. The maximum Gasteiger partial charge on any atom is 0.296 e. The maximum atomic E-state index is 12.8. The molecule has 2 amide bonds. The summed E-state index contributed by atoms with van der Waals surface area (Å²) in [4.78, 5) is 25.2. The molecule has 1 aromatic rings. The van der Waals surface area contributed by atoms with Gasteiger partial charge >= 0.3 is 0 Å². The van der Waals surface area contributed by atoms with Crippen molar-refractivity contribution in [3.8, 4) is 0 Å². The van der Waals surface area contributed by atoms with Crippen LogP contribution in [0.4, 0.5) is 4.39 Å². The van der Waals surface area contributed by atoms with Gasteiger partial charge in [-0.2, -0.15) is 0 Å². The van der Waals surface area contributed by atoms with Gasteiger partial charge in [0.15, 0.2) is 6.04 Å². The lowest BCUT2D eigenvalue weighted by Crippen LogP contribution is -3.19. The van der Waals surface area contributed by atoms with E-state index in [1.165, 1.54) is 24.3 Å². The average molecular weight is 324 g/mol. The summed E-state index contributed by atoms with van der Waals surface area (Å²) in [5.74, 6) is -1.17. The van der Waals surface area contributed by atoms with Crippen molar-refractivity contribution in [2.75, 3.05) is 13.1 Å². The zero-order valence-electron chi connectivity index (χ0n) is 13.6.